The smallest absolute Gasteiger partial charge is 0.285 e. The molecule has 0 radical (unpaired) electrons. The lowest BCUT2D eigenvalue weighted by molar-refractivity contribution is 0.0125. The first-order valence-electron chi connectivity index (χ1n) is 10.4. The van der Waals surface area contributed by atoms with Crippen molar-refractivity contribution in [2.75, 3.05) is 51.3 Å². The molecule has 1 atom stereocenters. The van der Waals surface area contributed by atoms with Crippen molar-refractivity contribution in [3.63, 3.8) is 0 Å². The summed E-state index contributed by atoms with van der Waals surface area (Å²) in [6.45, 7) is 6.63. The summed E-state index contributed by atoms with van der Waals surface area (Å²) in [6.07, 6.45) is 2.09. The lowest BCUT2D eigenvalue weighted by Gasteiger charge is -2.30. The Labute approximate surface area is 185 Å². The van der Waals surface area contributed by atoms with Crippen LogP contribution in [-0.4, -0.2) is 76.7 Å². The molecular weight excluding hydrogens is 416 g/mol. The molecule has 0 bridgehead atoms. The lowest BCUT2D eigenvalue weighted by Crippen LogP contribution is -2.48. The number of likely N-dealkylation sites (tertiary alicyclic amines) is 1. The number of nitrogens with one attached hydrogen (secondary N) is 2. The van der Waals surface area contributed by atoms with E-state index in [1.165, 1.54) is 11.3 Å². The first-order chi connectivity index (χ1) is 15.1. The number of ether oxygens (including phenoxy) is 1. The Bertz CT molecular complexity index is 953. The average molecular weight is 443 g/mol. The molecule has 0 aromatic carbocycles. The van der Waals surface area contributed by atoms with Crippen LogP contribution >= 0.6 is 11.3 Å². The maximum atomic E-state index is 12.4. The number of piperidine rings is 1. The number of carbonyl (C=O) groups is 1. The van der Waals surface area contributed by atoms with Crippen molar-refractivity contribution in [2.45, 2.75) is 25.7 Å². The molecule has 0 spiro atoms. The Morgan fingerprint density at radius 3 is 2.97 bits per heavy atom. The van der Waals surface area contributed by atoms with Gasteiger partial charge in [0.15, 0.2) is 5.13 Å². The van der Waals surface area contributed by atoms with E-state index in [1.54, 1.807) is 5.38 Å². The van der Waals surface area contributed by atoms with Crippen LogP contribution < -0.4 is 10.7 Å². The molecule has 2 aromatic rings. The van der Waals surface area contributed by atoms with E-state index < -0.39 is 0 Å². The molecule has 2 aromatic heterocycles. The quantitative estimate of drug-likeness (QED) is 0.644. The number of hydrogen-bond donors (Lipinski definition) is 2. The topological polar surface area (TPSA) is 119 Å². The number of thiazole rings is 1. The van der Waals surface area contributed by atoms with Crippen molar-refractivity contribution >= 4 is 28.2 Å². The highest BCUT2D eigenvalue weighted by molar-refractivity contribution is 7.14. The Hall–Kier alpha value is -2.65. The number of aryl methyl sites for hydroxylation is 1. The minimum atomic E-state index is -0.231. The maximum Gasteiger partial charge on any atom is 0.285 e. The molecule has 0 aliphatic carbocycles. The summed E-state index contributed by atoms with van der Waals surface area (Å²) in [4.78, 5) is 28.1. The number of nitrogens with zero attached hydrogens (tertiary/aromatic N) is 6. The van der Waals surface area contributed by atoms with Gasteiger partial charge in [-0.05, 0) is 26.3 Å². The number of nitriles is 1. The molecular formula is C20H26N8O2S. The van der Waals surface area contributed by atoms with Crippen molar-refractivity contribution in [3.05, 3.63) is 28.7 Å². The van der Waals surface area contributed by atoms with Gasteiger partial charge in [0.05, 0.1) is 31.5 Å². The molecule has 4 rings (SSSR count). The summed E-state index contributed by atoms with van der Waals surface area (Å²) < 4.78 is 5.29. The van der Waals surface area contributed by atoms with E-state index >= 15 is 0 Å². The summed E-state index contributed by atoms with van der Waals surface area (Å²) >= 11 is 1.36. The highest BCUT2D eigenvalue weighted by atomic mass is 32.1. The highest BCUT2D eigenvalue weighted by Gasteiger charge is 2.23. The Kier molecular flexibility index (Phi) is 7.03. The third kappa shape index (κ3) is 5.74. The van der Waals surface area contributed by atoms with Crippen LogP contribution in [0, 0.1) is 18.3 Å². The summed E-state index contributed by atoms with van der Waals surface area (Å²) in [5.74, 6) is 1.38. The SMILES string of the molecule is Cc1nc(Nc2nc(C(=O)NN3CCOCC3)cs2)cc([C@H]2CCCN(CC#N)C2)n1. The van der Waals surface area contributed by atoms with Crippen LogP contribution in [0.1, 0.15) is 40.8 Å². The van der Waals surface area contributed by atoms with Crippen molar-refractivity contribution in [1.29, 1.82) is 5.26 Å². The molecule has 2 fully saturated rings. The van der Waals surface area contributed by atoms with Gasteiger partial charge in [-0.3, -0.25) is 15.1 Å². The molecule has 164 valence electrons. The number of amides is 1. The number of morpholine rings is 1. The van der Waals surface area contributed by atoms with Crippen LogP contribution in [0.2, 0.25) is 0 Å². The van der Waals surface area contributed by atoms with Crippen molar-refractivity contribution < 1.29 is 9.53 Å². The fraction of sp³-hybridized carbons (Fsp3) is 0.550. The molecule has 1 amide bonds. The van der Waals surface area contributed by atoms with E-state index in [9.17, 15) is 4.79 Å². The second kappa shape index (κ2) is 10.1. The number of anilines is 2. The second-order valence-electron chi connectivity index (χ2n) is 7.66. The van der Waals surface area contributed by atoms with Gasteiger partial charge < -0.3 is 10.1 Å². The first kappa shape index (κ1) is 21.6. The van der Waals surface area contributed by atoms with Gasteiger partial charge in [-0.25, -0.2) is 20.0 Å². The van der Waals surface area contributed by atoms with Gasteiger partial charge in [-0.2, -0.15) is 5.26 Å². The van der Waals surface area contributed by atoms with E-state index in [4.69, 9.17) is 10.00 Å². The van der Waals surface area contributed by atoms with Gasteiger partial charge in [-0.1, -0.05) is 0 Å². The van der Waals surface area contributed by atoms with E-state index in [-0.39, 0.29) is 11.8 Å². The number of hydrazine groups is 1. The molecule has 4 heterocycles. The van der Waals surface area contributed by atoms with Gasteiger partial charge in [-0.15, -0.1) is 11.3 Å². The fourth-order valence-electron chi connectivity index (χ4n) is 3.83. The van der Waals surface area contributed by atoms with Crippen molar-refractivity contribution in [1.82, 2.24) is 30.3 Å². The van der Waals surface area contributed by atoms with Crippen LogP contribution in [0.3, 0.4) is 0 Å². The van der Waals surface area contributed by atoms with E-state index in [1.807, 2.05) is 18.0 Å². The van der Waals surface area contributed by atoms with Crippen LogP contribution in [0.25, 0.3) is 0 Å². The predicted molar refractivity (Wildman–Crippen MR) is 116 cm³/mol. The van der Waals surface area contributed by atoms with Gasteiger partial charge in [0.1, 0.15) is 17.3 Å². The first-order valence-corrected chi connectivity index (χ1v) is 11.3. The Balaban J connectivity index is 1.41. The largest absolute Gasteiger partial charge is 0.379 e. The maximum absolute atomic E-state index is 12.4. The monoisotopic (exact) mass is 442 g/mol. The normalized spacial score (nSPS) is 20.2. The zero-order valence-electron chi connectivity index (χ0n) is 17.5. The average Bonchev–Trinajstić information content (AvgIpc) is 3.23. The third-order valence-corrected chi connectivity index (χ3v) is 6.08. The van der Waals surface area contributed by atoms with E-state index in [2.05, 4.69) is 36.7 Å². The van der Waals surface area contributed by atoms with Gasteiger partial charge >= 0.3 is 0 Å². The standard InChI is InChI=1S/C20H26N8O2S/c1-14-22-16(15-3-2-5-27(12-15)6-4-21)11-18(23-14)25-20-24-17(13-31-20)19(29)26-28-7-9-30-10-8-28/h11,13,15H,2-3,5-10,12H2,1H3,(H,26,29)(H,22,23,24,25)/t15-/m0/s1. The summed E-state index contributed by atoms with van der Waals surface area (Å²) in [7, 11) is 0. The van der Waals surface area contributed by atoms with E-state index in [0.717, 1.165) is 31.6 Å². The van der Waals surface area contributed by atoms with Crippen LogP contribution in [-0.2, 0) is 4.74 Å². The summed E-state index contributed by atoms with van der Waals surface area (Å²) in [5.41, 5.74) is 4.20. The Morgan fingerprint density at radius 2 is 2.16 bits per heavy atom. The molecule has 2 aliphatic rings. The molecule has 2 N–H and O–H groups in total. The van der Waals surface area contributed by atoms with Crippen LogP contribution in [0.4, 0.5) is 10.9 Å². The molecule has 2 aliphatic heterocycles. The van der Waals surface area contributed by atoms with Crippen molar-refractivity contribution in [3.8, 4) is 6.07 Å². The zero-order chi connectivity index (χ0) is 21.6. The predicted octanol–water partition coefficient (Wildman–Crippen LogP) is 1.67. The van der Waals surface area contributed by atoms with Crippen LogP contribution in [0.15, 0.2) is 11.4 Å². The van der Waals surface area contributed by atoms with Gasteiger partial charge in [0.2, 0.25) is 0 Å². The molecule has 0 unspecified atom stereocenters. The highest BCUT2D eigenvalue weighted by Crippen LogP contribution is 2.28. The number of aromatic nitrogens is 3. The van der Waals surface area contributed by atoms with E-state index in [0.29, 0.717) is 55.3 Å². The molecule has 0 saturated carbocycles. The summed E-state index contributed by atoms with van der Waals surface area (Å²) in [6, 6.07) is 4.18. The van der Waals surface area contributed by atoms with Gasteiger partial charge in [0, 0.05) is 37.0 Å². The number of hydrogen-bond acceptors (Lipinski definition) is 10. The van der Waals surface area contributed by atoms with Crippen LogP contribution in [0.5, 0.6) is 0 Å². The molecule has 11 heteroatoms. The Morgan fingerprint density at radius 1 is 1.32 bits per heavy atom. The number of carbonyl (C=O) groups excluding carboxylic acids is 1. The fourth-order valence-corrected chi connectivity index (χ4v) is 4.52. The lowest BCUT2D eigenvalue weighted by atomic mass is 9.94. The summed E-state index contributed by atoms with van der Waals surface area (Å²) in [5, 5.41) is 16.4. The molecule has 10 nitrogen and oxygen atoms in total. The van der Waals surface area contributed by atoms with Gasteiger partial charge in [0.25, 0.3) is 5.91 Å². The molecule has 31 heavy (non-hydrogen) atoms. The zero-order valence-corrected chi connectivity index (χ0v) is 18.3. The second-order valence-corrected chi connectivity index (χ2v) is 8.52. The molecule has 2 saturated heterocycles. The van der Waals surface area contributed by atoms with Crippen molar-refractivity contribution in [2.24, 2.45) is 0 Å². The minimum Gasteiger partial charge on any atom is -0.379 e. The minimum absolute atomic E-state index is 0.231. The number of rotatable bonds is 6. The third-order valence-electron chi connectivity index (χ3n) is 5.32.